The molecule has 0 unspecified atom stereocenters. The Morgan fingerprint density at radius 3 is 2.56 bits per heavy atom. The first-order chi connectivity index (χ1) is 7.61. The van der Waals surface area contributed by atoms with Crippen LogP contribution in [0.1, 0.15) is 6.42 Å². The molecule has 1 aromatic rings. The van der Waals surface area contributed by atoms with Gasteiger partial charge in [-0.1, -0.05) is 6.58 Å². The zero-order chi connectivity index (χ0) is 12.0. The van der Waals surface area contributed by atoms with Crippen molar-refractivity contribution < 1.29 is 9.50 Å². The van der Waals surface area contributed by atoms with Crippen LogP contribution >= 0.6 is 0 Å². The molecule has 3 N–H and O–H groups in total. The van der Waals surface area contributed by atoms with Crippen LogP contribution in [0.2, 0.25) is 0 Å². The van der Waals surface area contributed by atoms with Crippen LogP contribution in [0.5, 0.6) is 0 Å². The van der Waals surface area contributed by atoms with Crippen molar-refractivity contribution in [2.75, 3.05) is 0 Å². The monoisotopic (exact) mass is 221 g/mol. The summed E-state index contributed by atoms with van der Waals surface area (Å²) in [6.45, 7) is 3.32. The lowest BCUT2D eigenvalue weighted by molar-refractivity contribution is 0.408. The number of aliphatic hydroxyl groups is 1. The summed E-state index contributed by atoms with van der Waals surface area (Å²) in [6, 6.07) is 5.65. The van der Waals surface area contributed by atoms with Gasteiger partial charge in [-0.2, -0.15) is 5.10 Å². The van der Waals surface area contributed by atoms with Crippen molar-refractivity contribution in [3.05, 3.63) is 42.4 Å². The van der Waals surface area contributed by atoms with E-state index in [0.717, 1.165) is 0 Å². The van der Waals surface area contributed by atoms with E-state index in [-0.39, 0.29) is 18.0 Å². The van der Waals surface area contributed by atoms with E-state index in [2.05, 4.69) is 16.7 Å². The number of halogens is 1. The maximum Gasteiger partial charge on any atom is 0.123 e. The number of aliphatic hydroxyl groups excluding tert-OH is 1. The third-order valence-electron chi connectivity index (χ3n) is 1.74. The van der Waals surface area contributed by atoms with Crippen molar-refractivity contribution in [1.82, 2.24) is 0 Å². The fourth-order valence-electron chi connectivity index (χ4n) is 1.01. The average molecular weight is 221 g/mol. The number of benzene rings is 1. The van der Waals surface area contributed by atoms with Crippen LogP contribution in [0.25, 0.3) is 0 Å². The summed E-state index contributed by atoms with van der Waals surface area (Å²) in [7, 11) is 0. The molecule has 0 aliphatic rings. The number of hydrazone groups is 1. The Balaban J connectivity index is 2.72. The van der Waals surface area contributed by atoms with Gasteiger partial charge in [0, 0.05) is 6.42 Å². The maximum absolute atomic E-state index is 12.6. The Labute approximate surface area is 92.6 Å². The predicted octanol–water partition coefficient (Wildman–Crippen LogP) is 2.30. The number of nitrogens with zero attached hydrogens (tertiary/aromatic N) is 2. The van der Waals surface area contributed by atoms with E-state index in [1.807, 2.05) is 0 Å². The molecule has 0 fully saturated rings. The number of nitrogens with two attached hydrogens (primary N) is 1. The zero-order valence-electron chi connectivity index (χ0n) is 8.60. The Hall–Kier alpha value is -2.17. The molecule has 1 aromatic carbocycles. The van der Waals surface area contributed by atoms with E-state index < -0.39 is 0 Å². The van der Waals surface area contributed by atoms with E-state index in [0.29, 0.717) is 11.4 Å². The molecule has 0 saturated heterocycles. The number of allylic oxidation sites excluding steroid dienone is 1. The highest BCUT2D eigenvalue weighted by Crippen LogP contribution is 2.11. The van der Waals surface area contributed by atoms with E-state index in [4.69, 9.17) is 10.9 Å². The standard InChI is InChI=1S/C11H12FN3O/c1-8(16)6-11(15-13)7-14-10-4-2-9(12)3-5-10/h2-5,7,16H,1,6,13H2. The number of rotatable bonds is 4. The van der Waals surface area contributed by atoms with Gasteiger partial charge in [0.2, 0.25) is 0 Å². The van der Waals surface area contributed by atoms with Gasteiger partial charge in [-0.15, -0.1) is 0 Å². The van der Waals surface area contributed by atoms with Crippen LogP contribution in [0.4, 0.5) is 10.1 Å². The van der Waals surface area contributed by atoms with Gasteiger partial charge in [-0.05, 0) is 24.3 Å². The van der Waals surface area contributed by atoms with Crippen LogP contribution < -0.4 is 5.84 Å². The second-order valence-electron chi connectivity index (χ2n) is 3.10. The van der Waals surface area contributed by atoms with E-state index in [1.165, 1.54) is 30.5 Å². The fourth-order valence-corrected chi connectivity index (χ4v) is 1.01. The van der Waals surface area contributed by atoms with Crippen molar-refractivity contribution in [2.24, 2.45) is 15.9 Å². The fraction of sp³-hybridized carbons (Fsp3) is 0.0909. The Morgan fingerprint density at radius 2 is 2.06 bits per heavy atom. The van der Waals surface area contributed by atoms with Crippen LogP contribution in [-0.4, -0.2) is 17.0 Å². The first kappa shape index (κ1) is 11.9. The number of hydrogen-bond donors (Lipinski definition) is 2. The van der Waals surface area contributed by atoms with Gasteiger partial charge in [0.25, 0.3) is 0 Å². The normalized spacial score (nSPS) is 11.9. The van der Waals surface area contributed by atoms with Crippen molar-refractivity contribution in [3.63, 3.8) is 0 Å². The summed E-state index contributed by atoms with van der Waals surface area (Å²) in [6.07, 6.45) is 1.54. The minimum atomic E-state index is -0.324. The number of aliphatic imine (C=N–C) groups is 1. The minimum Gasteiger partial charge on any atom is -0.513 e. The smallest absolute Gasteiger partial charge is 0.123 e. The molecule has 0 aliphatic heterocycles. The SMILES string of the molecule is C=C(O)CC(C=Nc1ccc(F)cc1)=NN. The van der Waals surface area contributed by atoms with Crippen LogP contribution in [-0.2, 0) is 0 Å². The van der Waals surface area contributed by atoms with Crippen molar-refractivity contribution >= 4 is 17.6 Å². The summed E-state index contributed by atoms with van der Waals surface area (Å²) in [5, 5.41) is 12.4. The highest BCUT2D eigenvalue weighted by Gasteiger charge is 1.97. The topological polar surface area (TPSA) is 71.0 Å². The second kappa shape index (κ2) is 5.65. The summed E-state index contributed by atoms with van der Waals surface area (Å²) < 4.78 is 12.6. The molecule has 0 spiro atoms. The molecule has 0 saturated carbocycles. The first-order valence-electron chi connectivity index (χ1n) is 4.55. The lowest BCUT2D eigenvalue weighted by Crippen LogP contribution is -2.04. The third-order valence-corrected chi connectivity index (χ3v) is 1.74. The van der Waals surface area contributed by atoms with Crippen LogP contribution in [0, 0.1) is 5.82 Å². The third kappa shape index (κ3) is 3.91. The van der Waals surface area contributed by atoms with Gasteiger partial charge in [0.15, 0.2) is 0 Å². The summed E-state index contributed by atoms with van der Waals surface area (Å²) >= 11 is 0. The minimum absolute atomic E-state index is 0.0465. The highest BCUT2D eigenvalue weighted by atomic mass is 19.1. The van der Waals surface area contributed by atoms with Crippen molar-refractivity contribution in [3.8, 4) is 0 Å². The van der Waals surface area contributed by atoms with Gasteiger partial charge in [-0.25, -0.2) is 4.39 Å². The predicted molar refractivity (Wildman–Crippen MR) is 62.6 cm³/mol. The average Bonchev–Trinajstić information content (AvgIpc) is 2.26. The second-order valence-corrected chi connectivity index (χ2v) is 3.10. The molecule has 0 amide bonds. The lowest BCUT2D eigenvalue weighted by Gasteiger charge is -1.97. The molecular formula is C11H12FN3O. The largest absolute Gasteiger partial charge is 0.513 e. The molecule has 0 radical (unpaired) electrons. The van der Waals surface area contributed by atoms with Crippen molar-refractivity contribution in [1.29, 1.82) is 0 Å². The molecule has 1 rings (SSSR count). The quantitative estimate of drug-likeness (QED) is 0.354. The molecule has 4 nitrogen and oxygen atoms in total. The highest BCUT2D eigenvalue weighted by molar-refractivity contribution is 6.31. The molecule has 5 heteroatoms. The summed E-state index contributed by atoms with van der Waals surface area (Å²) in [5.74, 6) is 4.72. The number of hydrogen-bond acceptors (Lipinski definition) is 4. The molecule has 16 heavy (non-hydrogen) atoms. The van der Waals surface area contributed by atoms with E-state index >= 15 is 0 Å². The van der Waals surface area contributed by atoms with E-state index in [9.17, 15) is 4.39 Å². The van der Waals surface area contributed by atoms with E-state index in [1.54, 1.807) is 0 Å². The molecule has 0 heterocycles. The molecule has 0 aromatic heterocycles. The van der Waals surface area contributed by atoms with Gasteiger partial charge in [0.1, 0.15) is 5.82 Å². The summed E-state index contributed by atoms with van der Waals surface area (Å²) in [5.41, 5.74) is 0.961. The molecule has 0 bridgehead atoms. The van der Waals surface area contributed by atoms with Gasteiger partial charge in [0.05, 0.1) is 23.4 Å². The molecule has 0 aliphatic carbocycles. The van der Waals surface area contributed by atoms with Crippen LogP contribution in [0.3, 0.4) is 0 Å². The molecule has 0 atom stereocenters. The Bertz CT molecular complexity index is 423. The lowest BCUT2D eigenvalue weighted by atomic mass is 10.2. The zero-order valence-corrected chi connectivity index (χ0v) is 8.60. The molecule has 84 valence electrons. The van der Waals surface area contributed by atoms with Crippen LogP contribution in [0.15, 0.2) is 46.7 Å². The van der Waals surface area contributed by atoms with Gasteiger partial charge in [-0.3, -0.25) is 4.99 Å². The van der Waals surface area contributed by atoms with Crippen molar-refractivity contribution in [2.45, 2.75) is 6.42 Å². The Kier molecular flexibility index (Phi) is 4.20. The summed E-state index contributed by atoms with van der Waals surface area (Å²) in [4.78, 5) is 4.02. The van der Waals surface area contributed by atoms with Gasteiger partial charge < -0.3 is 10.9 Å². The Morgan fingerprint density at radius 1 is 1.44 bits per heavy atom. The first-order valence-corrected chi connectivity index (χ1v) is 4.55. The maximum atomic E-state index is 12.6. The van der Waals surface area contributed by atoms with Gasteiger partial charge >= 0.3 is 0 Å². The molecular weight excluding hydrogens is 209 g/mol.